The number of hydrogen-bond donors (Lipinski definition) is 1. The van der Waals surface area contributed by atoms with Crippen molar-refractivity contribution in [2.24, 2.45) is 0 Å². The Kier molecular flexibility index (Phi) is 5.52. The first kappa shape index (κ1) is 22.6. The molecule has 4 nitrogen and oxygen atoms in total. The third kappa shape index (κ3) is 4.35. The van der Waals surface area contributed by atoms with Crippen LogP contribution in [0.2, 0.25) is 0 Å². The maximum absolute atomic E-state index is 13.7. The van der Waals surface area contributed by atoms with Crippen LogP contribution in [-0.4, -0.2) is 16.0 Å². The lowest BCUT2D eigenvalue weighted by Gasteiger charge is -2.28. The molecule has 4 aromatic rings. The van der Waals surface area contributed by atoms with Crippen LogP contribution >= 0.6 is 0 Å². The molecule has 7 heteroatoms. The molecule has 1 aromatic heterocycles. The average Bonchev–Trinajstić information content (AvgIpc) is 2.75. The van der Waals surface area contributed by atoms with E-state index in [1.165, 1.54) is 10.6 Å². The number of carbonyl (C=O) groups excluding carboxylic acids is 1. The van der Waals surface area contributed by atoms with Crippen LogP contribution in [0.25, 0.3) is 21.7 Å². The molecular formula is C26H23F3N2O2. The molecule has 1 N–H and O–H groups in total. The summed E-state index contributed by atoms with van der Waals surface area (Å²) < 4.78 is 41.8. The summed E-state index contributed by atoms with van der Waals surface area (Å²) in [7, 11) is 0. The molecular weight excluding hydrogens is 429 g/mol. The van der Waals surface area contributed by atoms with E-state index < -0.39 is 34.8 Å². The van der Waals surface area contributed by atoms with Gasteiger partial charge in [0.1, 0.15) is 6.04 Å². The fraction of sp³-hybridized carbons (Fsp3) is 0.231. The Labute approximate surface area is 188 Å². The van der Waals surface area contributed by atoms with E-state index in [4.69, 9.17) is 0 Å². The van der Waals surface area contributed by atoms with Crippen LogP contribution in [0.5, 0.6) is 0 Å². The molecule has 33 heavy (non-hydrogen) atoms. The van der Waals surface area contributed by atoms with Crippen molar-refractivity contribution in [1.82, 2.24) is 9.88 Å². The predicted molar refractivity (Wildman–Crippen MR) is 123 cm³/mol. The summed E-state index contributed by atoms with van der Waals surface area (Å²) in [6, 6.07) is 17.4. The first-order valence-corrected chi connectivity index (χ1v) is 10.5. The van der Waals surface area contributed by atoms with E-state index in [9.17, 15) is 22.8 Å². The van der Waals surface area contributed by atoms with Gasteiger partial charge in [-0.05, 0) is 56.0 Å². The van der Waals surface area contributed by atoms with Gasteiger partial charge in [0.05, 0.1) is 11.1 Å². The van der Waals surface area contributed by atoms with Crippen LogP contribution in [0, 0.1) is 0 Å². The maximum atomic E-state index is 13.7. The Morgan fingerprint density at radius 3 is 2.06 bits per heavy atom. The number of rotatable bonds is 3. The van der Waals surface area contributed by atoms with Gasteiger partial charge in [0.2, 0.25) is 5.91 Å². The highest BCUT2D eigenvalue weighted by molar-refractivity contribution is 6.06. The monoisotopic (exact) mass is 452 g/mol. The summed E-state index contributed by atoms with van der Waals surface area (Å²) in [6.45, 7) is 5.47. The average molecular weight is 452 g/mol. The molecule has 0 saturated heterocycles. The molecule has 1 atom stereocenters. The third-order valence-corrected chi connectivity index (χ3v) is 5.37. The molecule has 1 amide bonds. The summed E-state index contributed by atoms with van der Waals surface area (Å²) in [5.74, 6) is -0.424. The maximum Gasteiger partial charge on any atom is 0.416 e. The van der Waals surface area contributed by atoms with Crippen LogP contribution in [0.15, 0.2) is 77.6 Å². The zero-order chi connectivity index (χ0) is 24.0. The van der Waals surface area contributed by atoms with Crippen molar-refractivity contribution in [3.8, 4) is 0 Å². The predicted octanol–water partition coefficient (Wildman–Crippen LogP) is 5.68. The van der Waals surface area contributed by atoms with E-state index in [0.29, 0.717) is 10.9 Å². The second-order valence-corrected chi connectivity index (χ2v) is 9.00. The molecule has 1 heterocycles. The molecule has 3 aromatic carbocycles. The van der Waals surface area contributed by atoms with Gasteiger partial charge in [0, 0.05) is 16.3 Å². The fourth-order valence-corrected chi connectivity index (χ4v) is 4.03. The highest BCUT2D eigenvalue weighted by Gasteiger charge is 2.33. The van der Waals surface area contributed by atoms with Crippen molar-refractivity contribution < 1.29 is 18.0 Å². The third-order valence-electron chi connectivity index (χ3n) is 5.37. The Hall–Kier alpha value is -3.61. The fourth-order valence-electron chi connectivity index (χ4n) is 4.03. The second kappa shape index (κ2) is 8.06. The molecule has 0 spiro atoms. The zero-order valence-electron chi connectivity index (χ0n) is 18.4. The largest absolute Gasteiger partial charge is 0.416 e. The summed E-state index contributed by atoms with van der Waals surface area (Å²) in [5.41, 5.74) is -1.04. The number of nitrogens with zero attached hydrogens (tertiary/aromatic N) is 1. The molecule has 1 unspecified atom stereocenters. The van der Waals surface area contributed by atoms with Crippen molar-refractivity contribution in [3.63, 3.8) is 0 Å². The summed E-state index contributed by atoms with van der Waals surface area (Å²) >= 11 is 0. The quantitative estimate of drug-likeness (QED) is 0.407. The minimum Gasteiger partial charge on any atom is -0.349 e. The molecule has 0 bridgehead atoms. The van der Waals surface area contributed by atoms with Gasteiger partial charge in [-0.1, -0.05) is 48.5 Å². The Balaban J connectivity index is 2.11. The van der Waals surface area contributed by atoms with Crippen LogP contribution in [0.1, 0.15) is 37.9 Å². The van der Waals surface area contributed by atoms with Gasteiger partial charge in [-0.15, -0.1) is 0 Å². The number of carbonyl (C=O) groups is 1. The smallest absolute Gasteiger partial charge is 0.349 e. The van der Waals surface area contributed by atoms with Gasteiger partial charge in [-0.25, -0.2) is 0 Å². The number of halogens is 3. The first-order valence-electron chi connectivity index (χ1n) is 10.5. The van der Waals surface area contributed by atoms with Gasteiger partial charge in [-0.3, -0.25) is 14.2 Å². The van der Waals surface area contributed by atoms with Crippen LogP contribution in [-0.2, 0) is 11.0 Å². The number of alkyl halides is 3. The number of aromatic nitrogens is 1. The lowest BCUT2D eigenvalue weighted by atomic mass is 9.99. The van der Waals surface area contributed by atoms with Gasteiger partial charge >= 0.3 is 6.18 Å². The summed E-state index contributed by atoms with van der Waals surface area (Å²) in [4.78, 5) is 27.1. The van der Waals surface area contributed by atoms with E-state index in [2.05, 4.69) is 5.32 Å². The molecule has 0 aliphatic carbocycles. The molecule has 170 valence electrons. The molecule has 0 aliphatic heterocycles. The van der Waals surface area contributed by atoms with Crippen molar-refractivity contribution in [1.29, 1.82) is 0 Å². The Morgan fingerprint density at radius 1 is 0.848 bits per heavy atom. The second-order valence-electron chi connectivity index (χ2n) is 9.00. The molecule has 0 aliphatic rings. The van der Waals surface area contributed by atoms with E-state index >= 15 is 0 Å². The van der Waals surface area contributed by atoms with Crippen molar-refractivity contribution in [2.75, 3.05) is 0 Å². The molecule has 4 rings (SSSR count). The van der Waals surface area contributed by atoms with Crippen LogP contribution in [0.4, 0.5) is 13.2 Å². The van der Waals surface area contributed by atoms with Gasteiger partial charge in [0.25, 0.3) is 5.56 Å². The van der Waals surface area contributed by atoms with Crippen LogP contribution in [0.3, 0.4) is 0 Å². The number of pyridine rings is 1. The van der Waals surface area contributed by atoms with E-state index in [1.807, 2.05) is 20.8 Å². The SMILES string of the molecule is CC(C)(C)NC(=O)C(c1ccccc1)n1c(=O)c2ccccc2c2cc(C(F)(F)F)ccc21. The number of benzene rings is 3. The summed E-state index contributed by atoms with van der Waals surface area (Å²) in [5, 5.41) is 3.82. The van der Waals surface area contributed by atoms with Crippen LogP contribution < -0.4 is 10.9 Å². The lowest BCUT2D eigenvalue weighted by Crippen LogP contribution is -2.46. The zero-order valence-corrected chi connectivity index (χ0v) is 18.4. The Bertz CT molecular complexity index is 1400. The number of amides is 1. The summed E-state index contributed by atoms with van der Waals surface area (Å²) in [6.07, 6.45) is -4.54. The van der Waals surface area contributed by atoms with Gasteiger partial charge in [0.15, 0.2) is 0 Å². The van der Waals surface area contributed by atoms with E-state index in [-0.39, 0.29) is 16.3 Å². The lowest BCUT2D eigenvalue weighted by molar-refractivity contribution is -0.137. The topological polar surface area (TPSA) is 51.1 Å². The highest BCUT2D eigenvalue weighted by Crippen LogP contribution is 2.34. The molecule has 0 fully saturated rings. The molecule has 0 saturated carbocycles. The van der Waals surface area contributed by atoms with E-state index in [1.54, 1.807) is 54.6 Å². The van der Waals surface area contributed by atoms with Gasteiger partial charge in [-0.2, -0.15) is 13.2 Å². The molecule has 0 radical (unpaired) electrons. The van der Waals surface area contributed by atoms with Crippen molar-refractivity contribution in [3.05, 3.63) is 94.3 Å². The number of hydrogen-bond acceptors (Lipinski definition) is 2. The highest BCUT2D eigenvalue weighted by atomic mass is 19.4. The van der Waals surface area contributed by atoms with Gasteiger partial charge < -0.3 is 5.32 Å². The standard InChI is InChI=1S/C26H23F3N2O2/c1-25(2,3)30-23(32)22(16-9-5-4-6-10-16)31-21-14-13-17(26(27,28)29)15-20(21)18-11-7-8-12-19(18)24(31)33/h4-15,22H,1-3H3,(H,30,32). The first-order chi connectivity index (χ1) is 15.5. The Morgan fingerprint density at radius 2 is 1.45 bits per heavy atom. The minimum absolute atomic E-state index is 0.244. The minimum atomic E-state index is -4.54. The number of fused-ring (bicyclic) bond motifs is 3. The van der Waals surface area contributed by atoms with Crippen molar-refractivity contribution >= 4 is 27.6 Å². The van der Waals surface area contributed by atoms with E-state index in [0.717, 1.165) is 12.1 Å². The number of nitrogens with one attached hydrogen (secondary N) is 1. The normalized spacial score (nSPS) is 13.3. The van der Waals surface area contributed by atoms with Crippen molar-refractivity contribution in [2.45, 2.75) is 38.5 Å².